The van der Waals surface area contributed by atoms with Gasteiger partial charge in [-0.3, -0.25) is 4.79 Å². The Morgan fingerprint density at radius 1 is 1.17 bits per heavy atom. The molecule has 1 atom stereocenters. The zero-order valence-electron chi connectivity index (χ0n) is 17.2. The van der Waals surface area contributed by atoms with Crippen LogP contribution in [0.15, 0.2) is 53.7 Å². The monoisotopic (exact) mass is 410 g/mol. The number of hydrogen-bond donors (Lipinski definition) is 1. The van der Waals surface area contributed by atoms with E-state index < -0.39 is 0 Å². The van der Waals surface area contributed by atoms with Crippen LogP contribution in [0.4, 0.5) is 5.69 Å². The van der Waals surface area contributed by atoms with Crippen LogP contribution in [0.2, 0.25) is 0 Å². The first kappa shape index (κ1) is 20.9. The van der Waals surface area contributed by atoms with Gasteiger partial charge in [0.05, 0.1) is 5.75 Å². The lowest BCUT2D eigenvalue weighted by Crippen LogP contribution is -2.16. The van der Waals surface area contributed by atoms with E-state index in [0.29, 0.717) is 11.7 Å². The number of benzene rings is 2. The van der Waals surface area contributed by atoms with Gasteiger partial charge < -0.3 is 14.6 Å². The van der Waals surface area contributed by atoms with Crippen molar-refractivity contribution in [3.8, 4) is 5.75 Å². The number of carbonyl (C=O) groups excluding carboxylic acids is 1. The minimum atomic E-state index is -0.247. The summed E-state index contributed by atoms with van der Waals surface area (Å²) in [5.41, 5.74) is 3.06. The van der Waals surface area contributed by atoms with E-state index in [1.165, 1.54) is 17.3 Å². The maximum absolute atomic E-state index is 12.4. The van der Waals surface area contributed by atoms with Crippen LogP contribution in [0.1, 0.15) is 36.9 Å². The Labute approximate surface area is 175 Å². The predicted octanol–water partition coefficient (Wildman–Crippen LogP) is 4.79. The van der Waals surface area contributed by atoms with Crippen LogP contribution in [0.25, 0.3) is 0 Å². The molecule has 0 unspecified atom stereocenters. The van der Waals surface area contributed by atoms with E-state index in [2.05, 4.69) is 21.6 Å². The molecule has 0 bridgehead atoms. The summed E-state index contributed by atoms with van der Waals surface area (Å²) in [4.78, 5) is 12.4. The SMILES string of the molecule is CCn1c(SCC(=O)Nc2ccc(C)cc2C)nnc1[C@@H](C)Oc1ccccc1. The van der Waals surface area contributed by atoms with Gasteiger partial charge in [0.15, 0.2) is 17.1 Å². The Morgan fingerprint density at radius 3 is 2.62 bits per heavy atom. The third kappa shape index (κ3) is 5.38. The fourth-order valence-corrected chi connectivity index (χ4v) is 3.84. The third-order valence-corrected chi connectivity index (χ3v) is 5.44. The molecule has 1 heterocycles. The summed E-state index contributed by atoms with van der Waals surface area (Å²) in [5.74, 6) is 1.73. The van der Waals surface area contributed by atoms with Crippen LogP contribution < -0.4 is 10.1 Å². The molecule has 0 saturated carbocycles. The molecule has 6 nitrogen and oxygen atoms in total. The minimum absolute atomic E-state index is 0.0669. The van der Waals surface area contributed by atoms with E-state index in [9.17, 15) is 4.79 Å². The van der Waals surface area contributed by atoms with Gasteiger partial charge >= 0.3 is 0 Å². The molecule has 3 rings (SSSR count). The van der Waals surface area contributed by atoms with Crippen molar-refractivity contribution in [3.05, 3.63) is 65.5 Å². The normalized spacial score (nSPS) is 11.9. The molecular formula is C22H26N4O2S. The number of ether oxygens (including phenoxy) is 1. The summed E-state index contributed by atoms with van der Waals surface area (Å²) in [6.07, 6.45) is -0.247. The van der Waals surface area contributed by atoms with Crippen LogP contribution in [0.5, 0.6) is 5.75 Å². The molecule has 0 fully saturated rings. The van der Waals surface area contributed by atoms with Gasteiger partial charge in [-0.05, 0) is 51.5 Å². The number of carbonyl (C=O) groups is 1. The number of hydrogen-bond acceptors (Lipinski definition) is 5. The van der Waals surface area contributed by atoms with Gasteiger partial charge in [-0.1, -0.05) is 47.7 Å². The van der Waals surface area contributed by atoms with E-state index in [-0.39, 0.29) is 17.8 Å². The highest BCUT2D eigenvalue weighted by Gasteiger charge is 2.19. The second-order valence-electron chi connectivity index (χ2n) is 6.81. The van der Waals surface area contributed by atoms with Crippen molar-refractivity contribution in [2.75, 3.05) is 11.1 Å². The van der Waals surface area contributed by atoms with Crippen molar-refractivity contribution in [2.45, 2.75) is 45.5 Å². The summed E-state index contributed by atoms with van der Waals surface area (Å²) >= 11 is 1.37. The predicted molar refractivity (Wildman–Crippen MR) is 116 cm³/mol. The molecule has 0 aliphatic rings. The van der Waals surface area contributed by atoms with E-state index in [4.69, 9.17) is 4.74 Å². The van der Waals surface area contributed by atoms with Gasteiger partial charge in [0.25, 0.3) is 0 Å². The molecule has 1 N–H and O–H groups in total. The number of aromatic nitrogens is 3. The molecule has 3 aromatic rings. The molecule has 29 heavy (non-hydrogen) atoms. The number of nitrogens with one attached hydrogen (secondary N) is 1. The first-order valence-electron chi connectivity index (χ1n) is 9.62. The molecule has 7 heteroatoms. The number of rotatable bonds is 8. The second-order valence-corrected chi connectivity index (χ2v) is 7.76. The van der Waals surface area contributed by atoms with Gasteiger partial charge in [0, 0.05) is 12.2 Å². The van der Waals surface area contributed by atoms with Crippen LogP contribution in [0.3, 0.4) is 0 Å². The summed E-state index contributed by atoms with van der Waals surface area (Å²) in [6, 6.07) is 15.6. The number of nitrogens with zero attached hydrogens (tertiary/aromatic N) is 3. The van der Waals surface area contributed by atoms with Crippen LogP contribution in [0, 0.1) is 13.8 Å². The Balaban J connectivity index is 1.63. The van der Waals surface area contributed by atoms with E-state index >= 15 is 0 Å². The lowest BCUT2D eigenvalue weighted by atomic mass is 10.1. The molecule has 1 aromatic heterocycles. The smallest absolute Gasteiger partial charge is 0.234 e. The number of para-hydroxylation sites is 1. The summed E-state index contributed by atoms with van der Waals surface area (Å²) in [6.45, 7) is 8.70. The van der Waals surface area contributed by atoms with Crippen LogP contribution in [-0.2, 0) is 11.3 Å². The molecule has 0 aliphatic heterocycles. The topological polar surface area (TPSA) is 69.0 Å². The van der Waals surface area contributed by atoms with Gasteiger partial charge in [0.1, 0.15) is 5.75 Å². The maximum atomic E-state index is 12.4. The lowest BCUT2D eigenvalue weighted by molar-refractivity contribution is -0.113. The maximum Gasteiger partial charge on any atom is 0.234 e. The van der Waals surface area contributed by atoms with Crippen molar-refractivity contribution in [2.24, 2.45) is 0 Å². The van der Waals surface area contributed by atoms with Gasteiger partial charge in [-0.25, -0.2) is 0 Å². The number of thioether (sulfide) groups is 1. The number of anilines is 1. The van der Waals surface area contributed by atoms with Crippen molar-refractivity contribution in [3.63, 3.8) is 0 Å². The standard InChI is InChI=1S/C22H26N4O2S/c1-5-26-21(17(4)28-18-9-7-6-8-10-18)24-25-22(26)29-14-20(27)23-19-12-11-15(2)13-16(19)3/h6-13,17H,5,14H2,1-4H3,(H,23,27)/t17-/m1/s1. The Kier molecular flexibility index (Phi) is 6.93. The molecule has 0 radical (unpaired) electrons. The molecule has 152 valence electrons. The lowest BCUT2D eigenvalue weighted by Gasteiger charge is -2.15. The molecular weight excluding hydrogens is 384 g/mol. The third-order valence-electron chi connectivity index (χ3n) is 4.47. The Hall–Kier alpha value is -2.80. The van der Waals surface area contributed by atoms with Crippen molar-refractivity contribution in [1.29, 1.82) is 0 Å². The molecule has 0 saturated heterocycles. The molecule has 0 spiro atoms. The highest BCUT2D eigenvalue weighted by molar-refractivity contribution is 7.99. The van der Waals surface area contributed by atoms with E-state index in [0.717, 1.165) is 22.8 Å². The second kappa shape index (κ2) is 9.60. The van der Waals surface area contributed by atoms with Gasteiger partial charge in [-0.2, -0.15) is 0 Å². The first-order valence-corrected chi connectivity index (χ1v) is 10.6. The summed E-state index contributed by atoms with van der Waals surface area (Å²) in [5, 5.41) is 12.3. The zero-order chi connectivity index (χ0) is 20.8. The first-order chi connectivity index (χ1) is 14.0. The van der Waals surface area contributed by atoms with Crippen molar-refractivity contribution in [1.82, 2.24) is 14.8 Å². The van der Waals surface area contributed by atoms with E-state index in [1.54, 1.807) is 0 Å². The van der Waals surface area contributed by atoms with Crippen LogP contribution >= 0.6 is 11.8 Å². The fourth-order valence-electron chi connectivity index (χ4n) is 3.03. The highest BCUT2D eigenvalue weighted by Crippen LogP contribution is 2.25. The Morgan fingerprint density at radius 2 is 1.93 bits per heavy atom. The average molecular weight is 411 g/mol. The quantitative estimate of drug-likeness (QED) is 0.541. The zero-order valence-corrected chi connectivity index (χ0v) is 18.0. The van der Waals surface area contributed by atoms with Crippen LogP contribution in [-0.4, -0.2) is 26.4 Å². The molecule has 2 aromatic carbocycles. The Bertz CT molecular complexity index is 972. The fraction of sp³-hybridized carbons (Fsp3) is 0.318. The van der Waals surface area contributed by atoms with Gasteiger partial charge in [-0.15, -0.1) is 10.2 Å². The van der Waals surface area contributed by atoms with Crippen molar-refractivity contribution >= 4 is 23.4 Å². The molecule has 1 amide bonds. The van der Waals surface area contributed by atoms with Gasteiger partial charge in [0.2, 0.25) is 5.91 Å². The van der Waals surface area contributed by atoms with Crippen molar-refractivity contribution < 1.29 is 9.53 Å². The number of amides is 1. The summed E-state index contributed by atoms with van der Waals surface area (Å²) < 4.78 is 7.96. The summed E-state index contributed by atoms with van der Waals surface area (Å²) in [7, 11) is 0. The minimum Gasteiger partial charge on any atom is -0.483 e. The highest BCUT2D eigenvalue weighted by atomic mass is 32.2. The average Bonchev–Trinajstić information content (AvgIpc) is 3.12. The largest absolute Gasteiger partial charge is 0.483 e. The number of aryl methyl sites for hydroxylation is 2. The van der Waals surface area contributed by atoms with E-state index in [1.807, 2.05) is 74.7 Å². The molecule has 0 aliphatic carbocycles.